The van der Waals surface area contributed by atoms with Crippen molar-refractivity contribution in [2.75, 3.05) is 4.90 Å². The number of anilines is 3. The molecular formula is C53H45NS2Si2. The highest BCUT2D eigenvalue weighted by molar-refractivity contribution is 7.17. The molecule has 0 radical (unpaired) electrons. The maximum absolute atomic E-state index is 2.66. The quantitative estimate of drug-likeness (QED) is 0.149. The molecule has 0 saturated carbocycles. The zero-order valence-electron chi connectivity index (χ0n) is 33.9. The van der Waals surface area contributed by atoms with Crippen molar-refractivity contribution >= 4 is 75.9 Å². The molecule has 0 bridgehead atoms. The first kappa shape index (κ1) is 34.9. The van der Waals surface area contributed by atoms with E-state index in [4.69, 9.17) is 0 Å². The molecule has 0 amide bonds. The zero-order valence-corrected chi connectivity index (χ0v) is 37.5. The van der Waals surface area contributed by atoms with Crippen molar-refractivity contribution in [3.63, 3.8) is 0 Å². The van der Waals surface area contributed by atoms with Crippen LogP contribution in [-0.2, 0) is 16.2 Å². The van der Waals surface area contributed by atoms with Gasteiger partial charge in [0.05, 0.1) is 22.2 Å². The standard InChI is InChI=1S/C53H45NS2Si2/c1-51(2)34-19-7-13-25-42(34)54(43-26-14-8-20-35(43)51)48-33-41-50(56-48)52(36-21-9-15-27-44(36)57(3,4)45-28-16-10-22-37(45)52)40-31-32-55-49(40)53(41)38-23-11-17-29-46(38)58(5,6)47-30-18-12-24-39(47)53/h7-33H,1-6H3. The number of para-hydroxylation sites is 2. The molecule has 3 aliphatic heterocycles. The summed E-state index contributed by atoms with van der Waals surface area (Å²) < 4.78 is 0. The van der Waals surface area contributed by atoms with Gasteiger partial charge in [-0.05, 0) is 94.9 Å². The minimum Gasteiger partial charge on any atom is -0.301 e. The molecule has 0 unspecified atom stereocenters. The summed E-state index contributed by atoms with van der Waals surface area (Å²) in [5, 5.41) is 9.90. The monoisotopic (exact) mass is 815 g/mol. The second-order valence-electron chi connectivity index (χ2n) is 18.4. The zero-order chi connectivity index (χ0) is 39.4. The third-order valence-electron chi connectivity index (χ3n) is 14.7. The highest BCUT2D eigenvalue weighted by Gasteiger charge is 2.62. The van der Waals surface area contributed by atoms with Gasteiger partial charge < -0.3 is 4.90 Å². The van der Waals surface area contributed by atoms with Gasteiger partial charge in [-0.3, -0.25) is 0 Å². The lowest BCUT2D eigenvalue weighted by atomic mass is 9.55. The summed E-state index contributed by atoms with van der Waals surface area (Å²) in [7, 11) is -4.16. The van der Waals surface area contributed by atoms with E-state index in [1.165, 1.54) is 70.6 Å². The van der Waals surface area contributed by atoms with Crippen molar-refractivity contribution in [3.05, 3.63) is 217 Å². The normalized spacial score (nSPS) is 18.5. The molecule has 2 aromatic heterocycles. The van der Waals surface area contributed by atoms with Crippen LogP contribution < -0.4 is 25.6 Å². The average Bonchev–Trinajstić information content (AvgIpc) is 3.93. The van der Waals surface area contributed by atoms with Gasteiger partial charge in [-0.2, -0.15) is 0 Å². The minimum atomic E-state index is -2.08. The van der Waals surface area contributed by atoms with Crippen LogP contribution in [0.2, 0.25) is 26.2 Å². The molecule has 0 saturated heterocycles. The molecule has 1 aliphatic carbocycles. The summed E-state index contributed by atoms with van der Waals surface area (Å²) in [6, 6.07) is 61.8. The highest BCUT2D eigenvalue weighted by atomic mass is 32.1. The van der Waals surface area contributed by atoms with Crippen LogP contribution in [-0.4, -0.2) is 16.1 Å². The first-order valence-electron chi connectivity index (χ1n) is 20.7. The predicted molar refractivity (Wildman–Crippen MR) is 253 cm³/mol. The molecule has 0 atom stereocenters. The Morgan fingerprint density at radius 1 is 0.414 bits per heavy atom. The van der Waals surface area contributed by atoms with Gasteiger partial charge in [0.25, 0.3) is 0 Å². The van der Waals surface area contributed by atoms with Gasteiger partial charge in [-0.15, -0.1) is 22.7 Å². The highest BCUT2D eigenvalue weighted by Crippen LogP contribution is 2.66. The first-order chi connectivity index (χ1) is 28.1. The maximum Gasteiger partial charge on any atom is 0.113 e. The minimum absolute atomic E-state index is 0.137. The average molecular weight is 816 g/mol. The number of hydrogen-bond acceptors (Lipinski definition) is 3. The van der Waals surface area contributed by atoms with E-state index < -0.39 is 27.0 Å². The van der Waals surface area contributed by atoms with Crippen molar-refractivity contribution in [2.45, 2.75) is 56.3 Å². The first-order valence-corrected chi connectivity index (χ1v) is 28.4. The number of nitrogens with zero attached hydrogens (tertiary/aromatic N) is 1. The Morgan fingerprint density at radius 3 is 1.24 bits per heavy atom. The van der Waals surface area contributed by atoms with Crippen LogP contribution in [0.4, 0.5) is 16.4 Å². The lowest BCUT2D eigenvalue weighted by Crippen LogP contribution is -2.66. The van der Waals surface area contributed by atoms with Gasteiger partial charge in [0.2, 0.25) is 0 Å². The molecule has 1 nitrogen and oxygen atoms in total. The smallest absolute Gasteiger partial charge is 0.113 e. The number of fused-ring (bicyclic) bond motifs is 16. The van der Waals surface area contributed by atoms with Crippen LogP contribution in [0.5, 0.6) is 0 Å². The largest absolute Gasteiger partial charge is 0.301 e. The molecule has 0 N–H and O–H groups in total. The van der Waals surface area contributed by atoms with Gasteiger partial charge in [0.15, 0.2) is 0 Å². The lowest BCUT2D eigenvalue weighted by molar-refractivity contribution is 0.632. The molecule has 4 aliphatic rings. The summed E-state index contributed by atoms with van der Waals surface area (Å²) in [5.41, 5.74) is 13.0. The summed E-state index contributed by atoms with van der Waals surface area (Å²) in [4.78, 5) is 5.55. The topological polar surface area (TPSA) is 3.24 Å². The third-order valence-corrected chi connectivity index (χ3v) is 24.2. The molecule has 0 fully saturated rings. The fourth-order valence-electron chi connectivity index (χ4n) is 12.2. The van der Waals surface area contributed by atoms with Crippen LogP contribution in [0.1, 0.15) is 68.1 Å². The fraction of sp³-hybridized carbons (Fsp3) is 0.170. The summed E-state index contributed by atoms with van der Waals surface area (Å²) in [6.45, 7) is 15.1. The Bertz CT molecular complexity index is 2740. The molecular weight excluding hydrogens is 771 g/mol. The van der Waals surface area contributed by atoms with Crippen LogP contribution in [0, 0.1) is 0 Å². The van der Waals surface area contributed by atoms with E-state index in [2.05, 4.69) is 208 Å². The van der Waals surface area contributed by atoms with Gasteiger partial charge in [-0.25, -0.2) is 0 Å². The molecule has 5 heterocycles. The Labute approximate surface area is 352 Å². The molecule has 5 heteroatoms. The SMILES string of the molecule is CC1(C)c2ccccc2N(c2cc3c(s2)C2(c4ccccc4[Si](C)(C)c4ccccc42)c2ccsc2C32c3ccccc3[Si](C)(C)c3ccccc32)c2ccccc21. The second kappa shape index (κ2) is 11.6. The van der Waals surface area contributed by atoms with Crippen molar-refractivity contribution in [1.29, 1.82) is 0 Å². The van der Waals surface area contributed by atoms with Crippen LogP contribution in [0.15, 0.2) is 163 Å². The van der Waals surface area contributed by atoms with Crippen LogP contribution in [0.25, 0.3) is 0 Å². The predicted octanol–water partition coefficient (Wildman–Crippen LogP) is 11.3. The Kier molecular flexibility index (Phi) is 6.97. The van der Waals surface area contributed by atoms with Gasteiger partial charge in [-0.1, -0.05) is 173 Å². The van der Waals surface area contributed by atoms with Crippen molar-refractivity contribution < 1.29 is 0 Å². The van der Waals surface area contributed by atoms with E-state index in [9.17, 15) is 0 Å². The Hall–Kier alpha value is -5.05. The summed E-state index contributed by atoms with van der Waals surface area (Å²) in [5.74, 6) is 0. The Morgan fingerprint density at radius 2 is 0.793 bits per heavy atom. The fourth-order valence-corrected chi connectivity index (χ4v) is 21.2. The molecule has 58 heavy (non-hydrogen) atoms. The van der Waals surface area contributed by atoms with Crippen molar-refractivity contribution in [2.24, 2.45) is 0 Å². The Balaban J connectivity index is 1.29. The van der Waals surface area contributed by atoms with Gasteiger partial charge >= 0.3 is 0 Å². The number of rotatable bonds is 1. The second-order valence-corrected chi connectivity index (χ2v) is 29.0. The molecule has 6 aromatic carbocycles. The van der Waals surface area contributed by atoms with E-state index in [1.54, 1.807) is 20.7 Å². The van der Waals surface area contributed by atoms with Crippen molar-refractivity contribution in [1.82, 2.24) is 0 Å². The molecule has 2 spiro atoms. The third kappa shape index (κ3) is 3.97. The lowest BCUT2D eigenvalue weighted by Gasteiger charge is -2.54. The number of benzene rings is 6. The summed E-state index contributed by atoms with van der Waals surface area (Å²) in [6.07, 6.45) is 0. The number of thiophene rings is 2. The molecule has 282 valence electrons. The van der Waals surface area contributed by atoms with E-state index in [1.807, 2.05) is 22.7 Å². The maximum atomic E-state index is 2.66. The van der Waals surface area contributed by atoms with E-state index >= 15 is 0 Å². The van der Waals surface area contributed by atoms with Crippen LogP contribution >= 0.6 is 22.7 Å². The van der Waals surface area contributed by atoms with E-state index in [0.29, 0.717) is 0 Å². The van der Waals surface area contributed by atoms with Gasteiger partial charge in [0, 0.05) is 15.2 Å². The van der Waals surface area contributed by atoms with Crippen LogP contribution in [0.3, 0.4) is 0 Å². The molecule has 12 rings (SSSR count). The van der Waals surface area contributed by atoms with E-state index in [-0.39, 0.29) is 5.41 Å². The van der Waals surface area contributed by atoms with Gasteiger partial charge in [0.1, 0.15) is 21.1 Å². The summed E-state index contributed by atoms with van der Waals surface area (Å²) >= 11 is 4.02. The van der Waals surface area contributed by atoms with E-state index in [0.717, 1.165) is 0 Å². The van der Waals surface area contributed by atoms with Crippen molar-refractivity contribution in [3.8, 4) is 0 Å². The number of hydrogen-bond donors (Lipinski definition) is 0. The molecule has 8 aromatic rings.